The Morgan fingerprint density at radius 2 is 1.96 bits per heavy atom. The van der Waals surface area contributed by atoms with E-state index in [9.17, 15) is 22.8 Å². The molecular formula is C15H17F3N2O2S. The fourth-order valence-corrected chi connectivity index (χ4v) is 3.41. The van der Waals surface area contributed by atoms with E-state index < -0.39 is 22.9 Å². The van der Waals surface area contributed by atoms with Gasteiger partial charge in [0.15, 0.2) is 0 Å². The van der Waals surface area contributed by atoms with Gasteiger partial charge in [0.05, 0.1) is 16.5 Å². The number of amides is 2. The Hall–Kier alpha value is -1.70. The number of halogens is 3. The third-order valence-electron chi connectivity index (χ3n) is 3.60. The highest BCUT2D eigenvalue weighted by molar-refractivity contribution is 8.01. The fraction of sp³-hybridized carbons (Fsp3) is 0.467. The second kappa shape index (κ2) is 6.82. The zero-order valence-corrected chi connectivity index (χ0v) is 13.6. The van der Waals surface area contributed by atoms with Gasteiger partial charge < -0.3 is 10.2 Å². The van der Waals surface area contributed by atoms with E-state index in [-0.39, 0.29) is 18.0 Å². The summed E-state index contributed by atoms with van der Waals surface area (Å²) < 4.78 is 38.1. The lowest BCUT2D eigenvalue weighted by molar-refractivity contribution is -0.137. The summed E-state index contributed by atoms with van der Waals surface area (Å²) in [7, 11) is 0. The number of hydrogen-bond acceptors (Lipinski definition) is 3. The van der Waals surface area contributed by atoms with E-state index >= 15 is 0 Å². The molecule has 1 aliphatic heterocycles. The summed E-state index contributed by atoms with van der Waals surface area (Å²) in [4.78, 5) is 26.3. The molecule has 2 rings (SSSR count). The van der Waals surface area contributed by atoms with Crippen LogP contribution in [-0.2, 0) is 15.8 Å². The summed E-state index contributed by atoms with van der Waals surface area (Å²) in [5, 5.41) is 1.84. The van der Waals surface area contributed by atoms with Gasteiger partial charge in [-0.2, -0.15) is 13.2 Å². The molecule has 0 spiro atoms. The Kier molecular flexibility index (Phi) is 5.23. The van der Waals surface area contributed by atoms with Crippen LogP contribution < -0.4 is 5.32 Å². The average molecular weight is 346 g/mol. The first-order valence-electron chi connectivity index (χ1n) is 7.22. The van der Waals surface area contributed by atoms with Crippen molar-refractivity contribution < 1.29 is 22.8 Å². The van der Waals surface area contributed by atoms with Crippen LogP contribution in [0.5, 0.6) is 0 Å². The van der Waals surface area contributed by atoms with Gasteiger partial charge >= 0.3 is 6.18 Å². The molecule has 0 radical (unpaired) electrons. The van der Waals surface area contributed by atoms with Crippen molar-refractivity contribution in [3.63, 3.8) is 0 Å². The van der Waals surface area contributed by atoms with Gasteiger partial charge in [0, 0.05) is 24.4 Å². The maximum Gasteiger partial charge on any atom is 0.416 e. The molecule has 1 unspecified atom stereocenters. The molecule has 0 fully saturated rings. The molecule has 4 nitrogen and oxygen atoms in total. The van der Waals surface area contributed by atoms with Crippen molar-refractivity contribution in [2.45, 2.75) is 36.6 Å². The monoisotopic (exact) mass is 346 g/mol. The van der Waals surface area contributed by atoms with Crippen molar-refractivity contribution in [3.05, 3.63) is 23.8 Å². The number of thioether (sulfide) groups is 1. The molecule has 0 aromatic heterocycles. The number of nitrogens with zero attached hydrogens (tertiary/aromatic N) is 1. The van der Waals surface area contributed by atoms with E-state index in [0.717, 1.165) is 23.9 Å². The highest BCUT2D eigenvalue weighted by Gasteiger charge is 2.34. The summed E-state index contributed by atoms with van der Waals surface area (Å²) in [5.74, 6) is -0.583. The minimum absolute atomic E-state index is 0.0264. The van der Waals surface area contributed by atoms with Crippen LogP contribution in [0, 0.1) is 0 Å². The Balaban J connectivity index is 2.15. The molecule has 8 heteroatoms. The third kappa shape index (κ3) is 3.99. The van der Waals surface area contributed by atoms with Crippen LogP contribution in [-0.4, -0.2) is 35.1 Å². The smallest absolute Gasteiger partial charge is 0.343 e. The second-order valence-electron chi connectivity index (χ2n) is 5.07. The lowest BCUT2D eigenvalue weighted by Crippen LogP contribution is -2.37. The minimum atomic E-state index is -4.46. The molecule has 1 aromatic carbocycles. The van der Waals surface area contributed by atoms with Gasteiger partial charge in [-0.25, -0.2) is 0 Å². The fourth-order valence-electron chi connectivity index (χ4n) is 2.33. The van der Waals surface area contributed by atoms with E-state index in [0.29, 0.717) is 18.0 Å². The standard InChI is InChI=1S/C15H17F3N2O2S/c1-3-20(4-2)13(21)8-12-14(22)19-10-7-9(15(16,17)18)5-6-11(10)23-12/h5-7,12H,3-4,8H2,1-2H3,(H,19,22). The van der Waals surface area contributed by atoms with Crippen molar-refractivity contribution in [1.29, 1.82) is 0 Å². The van der Waals surface area contributed by atoms with Crippen LogP contribution in [0.15, 0.2) is 23.1 Å². The van der Waals surface area contributed by atoms with Crippen LogP contribution in [0.3, 0.4) is 0 Å². The van der Waals surface area contributed by atoms with Crippen LogP contribution in [0.25, 0.3) is 0 Å². The molecule has 0 aliphatic carbocycles. The first-order valence-corrected chi connectivity index (χ1v) is 8.10. The van der Waals surface area contributed by atoms with Gasteiger partial charge in [-0.15, -0.1) is 11.8 Å². The molecule has 1 atom stereocenters. The summed E-state index contributed by atoms with van der Waals surface area (Å²) in [6, 6.07) is 3.23. The van der Waals surface area contributed by atoms with Gasteiger partial charge in [0.2, 0.25) is 11.8 Å². The molecule has 126 valence electrons. The van der Waals surface area contributed by atoms with Gasteiger partial charge in [-0.3, -0.25) is 9.59 Å². The number of fused-ring (bicyclic) bond motifs is 1. The number of hydrogen-bond donors (Lipinski definition) is 1. The number of carbonyl (C=O) groups excluding carboxylic acids is 2. The number of nitrogens with one attached hydrogen (secondary N) is 1. The molecule has 1 aromatic rings. The number of rotatable bonds is 4. The molecule has 1 heterocycles. The summed E-state index contributed by atoms with van der Waals surface area (Å²) >= 11 is 1.12. The van der Waals surface area contributed by atoms with E-state index in [1.807, 2.05) is 13.8 Å². The van der Waals surface area contributed by atoms with E-state index in [1.54, 1.807) is 4.90 Å². The molecule has 2 amide bonds. The van der Waals surface area contributed by atoms with Gasteiger partial charge in [0.25, 0.3) is 0 Å². The zero-order valence-electron chi connectivity index (χ0n) is 12.7. The van der Waals surface area contributed by atoms with Gasteiger partial charge in [-0.1, -0.05) is 0 Å². The minimum Gasteiger partial charge on any atom is -0.343 e. The van der Waals surface area contributed by atoms with Crippen LogP contribution in [0.1, 0.15) is 25.8 Å². The average Bonchev–Trinajstić information content (AvgIpc) is 2.47. The second-order valence-corrected chi connectivity index (χ2v) is 6.32. The normalized spacial score (nSPS) is 17.4. The lowest BCUT2D eigenvalue weighted by Gasteiger charge is -2.26. The number of anilines is 1. The van der Waals surface area contributed by atoms with Crippen LogP contribution in [0.2, 0.25) is 0 Å². The predicted molar refractivity (Wildman–Crippen MR) is 82.3 cm³/mol. The van der Waals surface area contributed by atoms with Crippen molar-refractivity contribution >= 4 is 29.3 Å². The molecule has 23 heavy (non-hydrogen) atoms. The zero-order chi connectivity index (χ0) is 17.2. The predicted octanol–water partition coefficient (Wildman–Crippen LogP) is 3.38. The lowest BCUT2D eigenvalue weighted by atomic mass is 10.1. The van der Waals surface area contributed by atoms with E-state index in [4.69, 9.17) is 0 Å². The topological polar surface area (TPSA) is 49.4 Å². The van der Waals surface area contributed by atoms with Gasteiger partial charge in [0.1, 0.15) is 0 Å². The number of carbonyl (C=O) groups is 2. The molecule has 0 saturated heterocycles. The molecule has 0 saturated carbocycles. The molecule has 1 aliphatic rings. The van der Waals surface area contributed by atoms with Gasteiger partial charge in [-0.05, 0) is 32.0 Å². The van der Waals surface area contributed by atoms with E-state index in [1.165, 1.54) is 6.07 Å². The van der Waals surface area contributed by atoms with Crippen LogP contribution >= 0.6 is 11.8 Å². The summed E-state index contributed by atoms with van der Waals surface area (Å²) in [6.45, 7) is 4.81. The summed E-state index contributed by atoms with van der Waals surface area (Å²) in [6.07, 6.45) is -4.43. The Labute approximate surface area is 136 Å². The first kappa shape index (κ1) is 17.7. The SMILES string of the molecule is CCN(CC)C(=O)CC1Sc2ccc(C(F)(F)F)cc2NC1=O. The Bertz CT molecular complexity index is 615. The van der Waals surface area contributed by atoms with Crippen molar-refractivity contribution in [2.24, 2.45) is 0 Å². The molecular weight excluding hydrogens is 329 g/mol. The van der Waals surface area contributed by atoms with Crippen molar-refractivity contribution in [3.8, 4) is 0 Å². The molecule has 1 N–H and O–H groups in total. The highest BCUT2D eigenvalue weighted by Crippen LogP contribution is 2.40. The number of benzene rings is 1. The highest BCUT2D eigenvalue weighted by atomic mass is 32.2. The van der Waals surface area contributed by atoms with Crippen molar-refractivity contribution in [2.75, 3.05) is 18.4 Å². The first-order chi connectivity index (χ1) is 10.8. The maximum absolute atomic E-state index is 12.7. The van der Waals surface area contributed by atoms with Crippen LogP contribution in [0.4, 0.5) is 18.9 Å². The Morgan fingerprint density at radius 1 is 1.30 bits per heavy atom. The number of alkyl halides is 3. The molecule has 0 bridgehead atoms. The van der Waals surface area contributed by atoms with Crippen molar-refractivity contribution in [1.82, 2.24) is 4.90 Å². The van der Waals surface area contributed by atoms with E-state index in [2.05, 4.69) is 5.32 Å². The maximum atomic E-state index is 12.7. The largest absolute Gasteiger partial charge is 0.416 e. The Morgan fingerprint density at radius 3 is 2.52 bits per heavy atom. The third-order valence-corrected chi connectivity index (χ3v) is 4.88. The summed E-state index contributed by atoms with van der Waals surface area (Å²) in [5.41, 5.74) is -0.670. The quantitative estimate of drug-likeness (QED) is 0.909.